The molecule has 2 aromatic heterocycles. The second-order valence-corrected chi connectivity index (χ2v) is 3.27. The topological polar surface area (TPSA) is 113 Å². The SMILES string of the molecule is NC(=O)c1ccn(-c2ncnc(Cl)c2N)n1. The lowest BCUT2D eigenvalue weighted by molar-refractivity contribution is 0.0995. The third kappa shape index (κ3) is 1.68. The van der Waals surface area contributed by atoms with E-state index in [-0.39, 0.29) is 16.5 Å². The standard InChI is InChI=1S/C8H7ClN6O/c9-6-5(10)8(13-3-12-6)15-2-1-4(14-15)7(11)16/h1-3H,10H2,(H2,11,16). The lowest BCUT2D eigenvalue weighted by atomic mass is 10.4. The molecule has 2 heterocycles. The Morgan fingerprint density at radius 3 is 2.81 bits per heavy atom. The van der Waals surface area contributed by atoms with E-state index in [1.807, 2.05) is 0 Å². The maximum absolute atomic E-state index is 10.9. The van der Waals surface area contributed by atoms with Crippen LogP contribution in [0.1, 0.15) is 10.5 Å². The molecule has 0 aliphatic carbocycles. The summed E-state index contributed by atoms with van der Waals surface area (Å²) in [6.07, 6.45) is 2.76. The van der Waals surface area contributed by atoms with Gasteiger partial charge in [0.1, 0.15) is 17.7 Å². The lowest BCUT2D eigenvalue weighted by Crippen LogP contribution is -2.13. The molecule has 16 heavy (non-hydrogen) atoms. The average Bonchev–Trinajstić information content (AvgIpc) is 2.71. The summed E-state index contributed by atoms with van der Waals surface area (Å²) < 4.78 is 1.31. The number of aromatic nitrogens is 4. The molecule has 0 unspecified atom stereocenters. The van der Waals surface area contributed by atoms with Crippen molar-refractivity contribution in [2.45, 2.75) is 0 Å². The number of rotatable bonds is 2. The zero-order valence-electron chi connectivity index (χ0n) is 7.96. The second-order valence-electron chi connectivity index (χ2n) is 2.91. The van der Waals surface area contributed by atoms with Gasteiger partial charge in [0.05, 0.1) is 0 Å². The van der Waals surface area contributed by atoms with Crippen LogP contribution in [0, 0.1) is 0 Å². The Hall–Kier alpha value is -2.15. The average molecular weight is 239 g/mol. The van der Waals surface area contributed by atoms with Crippen LogP contribution in [-0.2, 0) is 0 Å². The molecule has 8 heteroatoms. The number of nitrogens with zero attached hydrogens (tertiary/aromatic N) is 4. The number of carbonyl (C=O) groups is 1. The fourth-order valence-electron chi connectivity index (χ4n) is 1.12. The third-order valence-corrected chi connectivity index (χ3v) is 2.17. The number of anilines is 1. The van der Waals surface area contributed by atoms with Crippen molar-refractivity contribution in [3.05, 3.63) is 29.4 Å². The number of nitrogens with two attached hydrogens (primary N) is 2. The predicted octanol–water partition coefficient (Wildman–Crippen LogP) is -0.00320. The molecule has 0 spiro atoms. The van der Waals surface area contributed by atoms with E-state index in [0.717, 1.165) is 0 Å². The molecule has 4 N–H and O–H groups in total. The van der Waals surface area contributed by atoms with E-state index in [1.165, 1.54) is 23.3 Å². The van der Waals surface area contributed by atoms with Gasteiger partial charge in [0.15, 0.2) is 11.0 Å². The van der Waals surface area contributed by atoms with Gasteiger partial charge in [-0.25, -0.2) is 14.6 Å². The molecule has 0 aliphatic rings. The van der Waals surface area contributed by atoms with Crippen LogP contribution >= 0.6 is 11.6 Å². The fourth-order valence-corrected chi connectivity index (χ4v) is 1.25. The summed E-state index contributed by atoms with van der Waals surface area (Å²) in [4.78, 5) is 18.5. The molecular formula is C8H7ClN6O. The monoisotopic (exact) mass is 238 g/mol. The molecule has 0 aliphatic heterocycles. The first-order valence-electron chi connectivity index (χ1n) is 4.21. The molecule has 2 rings (SSSR count). The maximum atomic E-state index is 10.9. The van der Waals surface area contributed by atoms with Gasteiger partial charge in [-0.1, -0.05) is 11.6 Å². The van der Waals surface area contributed by atoms with Crippen molar-refractivity contribution < 1.29 is 4.79 Å². The fraction of sp³-hybridized carbons (Fsp3) is 0. The van der Waals surface area contributed by atoms with Crippen molar-refractivity contribution in [2.75, 3.05) is 5.73 Å². The normalized spacial score (nSPS) is 10.3. The highest BCUT2D eigenvalue weighted by atomic mass is 35.5. The summed E-state index contributed by atoms with van der Waals surface area (Å²) in [5.74, 6) is -0.329. The largest absolute Gasteiger partial charge is 0.393 e. The number of amides is 1. The molecule has 1 amide bonds. The van der Waals surface area contributed by atoms with Crippen LogP contribution in [0.2, 0.25) is 5.15 Å². The second kappa shape index (κ2) is 3.78. The Kier molecular flexibility index (Phi) is 2.45. The maximum Gasteiger partial charge on any atom is 0.269 e. The number of hydrogen-bond acceptors (Lipinski definition) is 5. The van der Waals surface area contributed by atoms with Gasteiger partial charge in [0.2, 0.25) is 0 Å². The number of primary amides is 1. The molecule has 0 saturated carbocycles. The van der Waals surface area contributed by atoms with E-state index >= 15 is 0 Å². The summed E-state index contributed by atoms with van der Waals surface area (Å²) >= 11 is 5.72. The summed E-state index contributed by atoms with van der Waals surface area (Å²) in [5.41, 5.74) is 11.0. The first-order chi connectivity index (χ1) is 7.59. The van der Waals surface area contributed by atoms with E-state index in [9.17, 15) is 4.79 Å². The van der Waals surface area contributed by atoms with Crippen LogP contribution in [0.3, 0.4) is 0 Å². The van der Waals surface area contributed by atoms with Gasteiger partial charge in [0, 0.05) is 6.20 Å². The number of hydrogen-bond donors (Lipinski definition) is 2. The van der Waals surface area contributed by atoms with Crippen LogP contribution in [-0.4, -0.2) is 25.7 Å². The lowest BCUT2D eigenvalue weighted by Gasteiger charge is -2.04. The van der Waals surface area contributed by atoms with Gasteiger partial charge in [-0.15, -0.1) is 0 Å². The highest BCUT2D eigenvalue weighted by Gasteiger charge is 2.11. The third-order valence-electron chi connectivity index (χ3n) is 1.87. The smallest absolute Gasteiger partial charge is 0.269 e. The number of carbonyl (C=O) groups excluding carboxylic acids is 1. The van der Waals surface area contributed by atoms with Crippen molar-refractivity contribution in [3.63, 3.8) is 0 Å². The Bertz CT molecular complexity index is 551. The van der Waals surface area contributed by atoms with Crippen molar-refractivity contribution in [3.8, 4) is 5.82 Å². The minimum Gasteiger partial charge on any atom is -0.393 e. The van der Waals surface area contributed by atoms with Crippen molar-refractivity contribution in [2.24, 2.45) is 5.73 Å². The van der Waals surface area contributed by atoms with Crippen molar-refractivity contribution in [1.82, 2.24) is 19.7 Å². The van der Waals surface area contributed by atoms with Gasteiger partial charge in [0.25, 0.3) is 5.91 Å². The molecule has 82 valence electrons. The molecule has 0 bridgehead atoms. The molecule has 0 radical (unpaired) electrons. The molecule has 2 aromatic rings. The van der Waals surface area contributed by atoms with Gasteiger partial charge in [-0.05, 0) is 6.07 Å². The van der Waals surface area contributed by atoms with Crippen molar-refractivity contribution >= 4 is 23.2 Å². The van der Waals surface area contributed by atoms with Gasteiger partial charge in [-0.2, -0.15) is 5.10 Å². The van der Waals surface area contributed by atoms with Gasteiger partial charge in [-0.3, -0.25) is 4.79 Å². The van der Waals surface area contributed by atoms with Gasteiger partial charge >= 0.3 is 0 Å². The summed E-state index contributed by atoms with van der Waals surface area (Å²) in [7, 11) is 0. The Morgan fingerprint density at radius 2 is 2.19 bits per heavy atom. The molecule has 0 atom stereocenters. The summed E-state index contributed by atoms with van der Waals surface area (Å²) in [5, 5.41) is 4.02. The zero-order chi connectivity index (χ0) is 11.7. The minimum absolute atomic E-state index is 0.120. The van der Waals surface area contributed by atoms with E-state index in [2.05, 4.69) is 15.1 Å². The van der Waals surface area contributed by atoms with Crippen LogP contribution in [0.4, 0.5) is 5.69 Å². The quantitative estimate of drug-likeness (QED) is 0.715. The molecule has 0 aromatic carbocycles. The van der Waals surface area contributed by atoms with Crippen molar-refractivity contribution in [1.29, 1.82) is 0 Å². The van der Waals surface area contributed by atoms with Crippen LogP contribution < -0.4 is 11.5 Å². The zero-order valence-corrected chi connectivity index (χ0v) is 8.72. The predicted molar refractivity (Wildman–Crippen MR) is 57.1 cm³/mol. The minimum atomic E-state index is -0.627. The van der Waals surface area contributed by atoms with Crippen LogP contribution in [0.5, 0.6) is 0 Å². The first kappa shape index (κ1) is 10.4. The Balaban J connectivity index is 2.50. The number of nitrogen functional groups attached to an aromatic ring is 1. The Morgan fingerprint density at radius 1 is 1.44 bits per heavy atom. The highest BCUT2D eigenvalue weighted by molar-refractivity contribution is 6.32. The van der Waals surface area contributed by atoms with Crippen LogP contribution in [0.25, 0.3) is 5.82 Å². The molecular weight excluding hydrogens is 232 g/mol. The van der Waals surface area contributed by atoms with E-state index in [0.29, 0.717) is 5.82 Å². The van der Waals surface area contributed by atoms with E-state index in [4.69, 9.17) is 23.1 Å². The number of halogens is 1. The van der Waals surface area contributed by atoms with Gasteiger partial charge < -0.3 is 11.5 Å². The Labute approximate surface area is 95.0 Å². The molecule has 0 fully saturated rings. The van der Waals surface area contributed by atoms with E-state index < -0.39 is 5.91 Å². The highest BCUT2D eigenvalue weighted by Crippen LogP contribution is 2.20. The van der Waals surface area contributed by atoms with Crippen LogP contribution in [0.15, 0.2) is 18.6 Å². The summed E-state index contributed by atoms with van der Waals surface area (Å²) in [6.45, 7) is 0. The molecule has 0 saturated heterocycles. The summed E-state index contributed by atoms with van der Waals surface area (Å²) in [6, 6.07) is 1.46. The first-order valence-corrected chi connectivity index (χ1v) is 4.59. The molecule has 7 nitrogen and oxygen atoms in total. The van der Waals surface area contributed by atoms with E-state index in [1.54, 1.807) is 0 Å².